The maximum absolute atomic E-state index is 14.3. The molecule has 3 aromatic carbocycles. The van der Waals surface area contributed by atoms with Gasteiger partial charge in [-0.3, -0.25) is 13.9 Å². The number of methoxy groups -OCH3 is 1. The van der Waals surface area contributed by atoms with Crippen LogP contribution in [0.2, 0.25) is 10.0 Å². The minimum atomic E-state index is -4.19. The molecule has 0 radical (unpaired) electrons. The third-order valence-electron chi connectivity index (χ3n) is 7.92. The number of anilines is 1. The number of aryl methyl sites for hydroxylation is 1. The first-order valence-electron chi connectivity index (χ1n) is 14.8. The molecule has 1 aliphatic carbocycles. The second-order valence-electron chi connectivity index (χ2n) is 11.1. The summed E-state index contributed by atoms with van der Waals surface area (Å²) in [5.41, 5.74) is 1.93. The Morgan fingerprint density at radius 1 is 0.955 bits per heavy atom. The monoisotopic (exact) mass is 659 g/mol. The van der Waals surface area contributed by atoms with Crippen LogP contribution in [0.3, 0.4) is 0 Å². The summed E-state index contributed by atoms with van der Waals surface area (Å²) in [6, 6.07) is 17.2. The fourth-order valence-corrected chi connectivity index (χ4v) is 7.15. The summed E-state index contributed by atoms with van der Waals surface area (Å²) in [5, 5.41) is 3.83. The Balaban J connectivity index is 1.71. The van der Waals surface area contributed by atoms with Gasteiger partial charge >= 0.3 is 0 Å². The minimum Gasteiger partial charge on any atom is -0.497 e. The lowest BCUT2D eigenvalue weighted by atomic mass is 9.95. The van der Waals surface area contributed by atoms with Crippen molar-refractivity contribution in [3.63, 3.8) is 0 Å². The number of carbonyl (C=O) groups is 2. The third kappa shape index (κ3) is 8.25. The standard InChI is InChI=1S/C33H39Cl2N3O5S/c1-4-31(33(40)36-25-8-6-5-7-9-25)37(21-24-12-19-29(34)30(35)20-24)32(39)22-38(26-13-10-23(2)11-14-26)44(41,42)28-17-15-27(43-3)16-18-28/h10-20,25,31H,4-9,21-22H2,1-3H3,(H,36,40)/t31-/m1/s1. The molecule has 0 aliphatic heterocycles. The number of benzene rings is 3. The molecule has 236 valence electrons. The summed E-state index contributed by atoms with van der Waals surface area (Å²) in [5.74, 6) is -0.281. The third-order valence-corrected chi connectivity index (χ3v) is 10.4. The van der Waals surface area contributed by atoms with Gasteiger partial charge in [-0.1, -0.05) is 73.2 Å². The Labute approximate surface area is 270 Å². The minimum absolute atomic E-state index is 0.00444. The van der Waals surface area contributed by atoms with Crippen molar-refractivity contribution in [3.05, 3.63) is 87.9 Å². The summed E-state index contributed by atoms with van der Waals surface area (Å²) in [6.07, 6.45) is 5.35. The van der Waals surface area contributed by atoms with E-state index in [0.717, 1.165) is 42.0 Å². The van der Waals surface area contributed by atoms with Gasteiger partial charge in [0, 0.05) is 12.6 Å². The van der Waals surface area contributed by atoms with E-state index in [-0.39, 0.29) is 23.4 Å². The number of hydrogen-bond acceptors (Lipinski definition) is 5. The Hall–Kier alpha value is -3.27. The van der Waals surface area contributed by atoms with Crippen LogP contribution >= 0.6 is 23.2 Å². The number of halogens is 2. The quantitative estimate of drug-likeness (QED) is 0.232. The molecule has 1 N–H and O–H groups in total. The van der Waals surface area contributed by atoms with E-state index >= 15 is 0 Å². The molecule has 4 rings (SSSR count). The van der Waals surface area contributed by atoms with Crippen molar-refractivity contribution < 1.29 is 22.7 Å². The van der Waals surface area contributed by atoms with Gasteiger partial charge in [-0.15, -0.1) is 0 Å². The van der Waals surface area contributed by atoms with Gasteiger partial charge < -0.3 is 15.0 Å². The highest BCUT2D eigenvalue weighted by molar-refractivity contribution is 7.92. The Bertz CT molecular complexity index is 1540. The fraction of sp³-hybridized carbons (Fsp3) is 0.394. The predicted molar refractivity (Wildman–Crippen MR) is 175 cm³/mol. The number of nitrogens with one attached hydrogen (secondary N) is 1. The lowest BCUT2D eigenvalue weighted by Crippen LogP contribution is -2.54. The molecule has 0 heterocycles. The van der Waals surface area contributed by atoms with Crippen molar-refractivity contribution >= 4 is 50.7 Å². The summed E-state index contributed by atoms with van der Waals surface area (Å²) >= 11 is 12.4. The zero-order valence-corrected chi connectivity index (χ0v) is 27.6. The van der Waals surface area contributed by atoms with Gasteiger partial charge in [-0.05, 0) is 80.3 Å². The first kappa shape index (κ1) is 33.6. The molecule has 1 saturated carbocycles. The molecule has 0 unspecified atom stereocenters. The van der Waals surface area contributed by atoms with Crippen LogP contribution in [0.5, 0.6) is 5.75 Å². The van der Waals surface area contributed by atoms with Crippen LogP contribution in [0, 0.1) is 6.92 Å². The van der Waals surface area contributed by atoms with Crippen LogP contribution in [0.4, 0.5) is 5.69 Å². The summed E-state index contributed by atoms with van der Waals surface area (Å²) < 4.78 is 34.4. The fourth-order valence-electron chi connectivity index (χ4n) is 5.41. The van der Waals surface area contributed by atoms with Crippen molar-refractivity contribution in [2.45, 2.75) is 75.9 Å². The van der Waals surface area contributed by atoms with E-state index in [1.165, 1.54) is 24.1 Å². The van der Waals surface area contributed by atoms with Crippen LogP contribution < -0.4 is 14.4 Å². The van der Waals surface area contributed by atoms with Crippen molar-refractivity contribution in [3.8, 4) is 5.75 Å². The molecule has 0 spiro atoms. The number of hydrogen-bond donors (Lipinski definition) is 1. The molecule has 1 fully saturated rings. The molecule has 8 nitrogen and oxygen atoms in total. The highest BCUT2D eigenvalue weighted by Gasteiger charge is 2.34. The Morgan fingerprint density at radius 3 is 2.20 bits per heavy atom. The molecular weight excluding hydrogens is 621 g/mol. The van der Waals surface area contributed by atoms with Crippen molar-refractivity contribution in [2.75, 3.05) is 18.0 Å². The molecular formula is C33H39Cl2N3O5S. The average molecular weight is 661 g/mol. The van der Waals surface area contributed by atoms with Crippen molar-refractivity contribution in [1.82, 2.24) is 10.2 Å². The maximum Gasteiger partial charge on any atom is 0.264 e. The molecule has 0 bridgehead atoms. The molecule has 44 heavy (non-hydrogen) atoms. The maximum atomic E-state index is 14.3. The van der Waals surface area contributed by atoms with E-state index in [0.29, 0.717) is 33.5 Å². The van der Waals surface area contributed by atoms with E-state index in [1.54, 1.807) is 54.6 Å². The van der Waals surface area contributed by atoms with Gasteiger partial charge in [0.2, 0.25) is 11.8 Å². The van der Waals surface area contributed by atoms with Crippen LogP contribution in [0.15, 0.2) is 71.6 Å². The number of nitrogens with zero attached hydrogens (tertiary/aromatic N) is 2. The van der Waals surface area contributed by atoms with Gasteiger partial charge in [0.25, 0.3) is 10.0 Å². The Morgan fingerprint density at radius 2 is 1.61 bits per heavy atom. The lowest BCUT2D eigenvalue weighted by Gasteiger charge is -2.34. The molecule has 2 amide bonds. The normalized spacial score (nSPS) is 14.5. The first-order valence-corrected chi connectivity index (χ1v) is 17.0. The Kier molecular flexibility index (Phi) is 11.6. The highest BCUT2D eigenvalue weighted by atomic mass is 35.5. The van der Waals surface area contributed by atoms with Crippen LogP contribution in [0.1, 0.15) is 56.6 Å². The van der Waals surface area contributed by atoms with Crippen LogP contribution in [-0.4, -0.2) is 50.9 Å². The first-order chi connectivity index (χ1) is 21.0. The zero-order chi connectivity index (χ0) is 31.9. The zero-order valence-electron chi connectivity index (χ0n) is 25.3. The van der Waals surface area contributed by atoms with Crippen molar-refractivity contribution in [1.29, 1.82) is 0 Å². The summed E-state index contributed by atoms with van der Waals surface area (Å²) in [7, 11) is -2.69. The second kappa shape index (κ2) is 15.1. The molecule has 1 atom stereocenters. The van der Waals surface area contributed by atoms with E-state index in [9.17, 15) is 18.0 Å². The average Bonchev–Trinajstić information content (AvgIpc) is 3.02. The molecule has 11 heteroatoms. The van der Waals surface area contributed by atoms with E-state index in [1.807, 2.05) is 13.8 Å². The summed E-state index contributed by atoms with van der Waals surface area (Å²) in [4.78, 5) is 29.4. The predicted octanol–water partition coefficient (Wildman–Crippen LogP) is 6.76. The van der Waals surface area contributed by atoms with E-state index in [4.69, 9.17) is 27.9 Å². The number of sulfonamides is 1. The van der Waals surface area contributed by atoms with Crippen LogP contribution in [0.25, 0.3) is 0 Å². The molecule has 0 aromatic heterocycles. The largest absolute Gasteiger partial charge is 0.497 e. The van der Waals surface area contributed by atoms with Gasteiger partial charge in [0.15, 0.2) is 0 Å². The smallest absolute Gasteiger partial charge is 0.264 e. The van der Waals surface area contributed by atoms with Crippen molar-refractivity contribution in [2.24, 2.45) is 0 Å². The SMILES string of the molecule is CC[C@H](C(=O)NC1CCCCC1)N(Cc1ccc(Cl)c(Cl)c1)C(=O)CN(c1ccc(C)cc1)S(=O)(=O)c1ccc(OC)cc1. The number of carbonyl (C=O) groups excluding carboxylic acids is 2. The van der Waals surface area contributed by atoms with E-state index in [2.05, 4.69) is 5.32 Å². The second-order valence-corrected chi connectivity index (χ2v) is 13.7. The molecule has 1 aliphatic rings. The molecule has 3 aromatic rings. The molecule has 0 saturated heterocycles. The highest BCUT2D eigenvalue weighted by Crippen LogP contribution is 2.28. The van der Waals surface area contributed by atoms with Crippen LogP contribution in [-0.2, 0) is 26.2 Å². The number of amides is 2. The van der Waals surface area contributed by atoms with Gasteiger partial charge in [-0.2, -0.15) is 0 Å². The van der Waals surface area contributed by atoms with Gasteiger partial charge in [0.05, 0.1) is 27.7 Å². The number of rotatable bonds is 12. The topological polar surface area (TPSA) is 96.0 Å². The summed E-state index contributed by atoms with van der Waals surface area (Å²) in [6.45, 7) is 3.25. The lowest BCUT2D eigenvalue weighted by molar-refractivity contribution is -0.140. The van der Waals surface area contributed by atoms with Gasteiger partial charge in [0.1, 0.15) is 18.3 Å². The number of ether oxygens (including phenoxy) is 1. The van der Waals surface area contributed by atoms with Gasteiger partial charge in [-0.25, -0.2) is 8.42 Å². The van der Waals surface area contributed by atoms with E-state index < -0.39 is 28.5 Å².